The molecule has 0 bridgehead atoms. The van der Waals surface area contributed by atoms with E-state index in [-0.39, 0.29) is 5.43 Å². The average molecular weight is 357 g/mol. The number of imidazole rings is 1. The molecule has 6 heteroatoms. The van der Waals surface area contributed by atoms with Crippen LogP contribution < -0.4 is 10.2 Å². The predicted molar refractivity (Wildman–Crippen MR) is 101 cm³/mol. The van der Waals surface area contributed by atoms with E-state index in [9.17, 15) is 4.79 Å². The van der Waals surface area contributed by atoms with E-state index in [2.05, 4.69) is 11.1 Å². The summed E-state index contributed by atoms with van der Waals surface area (Å²) in [5.41, 5.74) is 2.14. The Balaban J connectivity index is 1.97. The standard InChI is InChI=1S/C21H15N3O3/c1-26-16-6-7-17-19(10-16)27-21(15-4-2-14(11-22)3-5-15)18(20(17)25)12-24-9-8-23-13-24/h2-10,13H,12H2,1H3. The van der Waals surface area contributed by atoms with E-state index in [4.69, 9.17) is 14.4 Å². The summed E-state index contributed by atoms with van der Waals surface area (Å²) in [5.74, 6) is 1.08. The monoisotopic (exact) mass is 357 g/mol. The Morgan fingerprint density at radius 3 is 2.70 bits per heavy atom. The predicted octanol–water partition coefficient (Wildman–Crippen LogP) is 3.59. The first-order chi connectivity index (χ1) is 13.2. The van der Waals surface area contributed by atoms with E-state index in [0.717, 1.165) is 5.56 Å². The van der Waals surface area contributed by atoms with Gasteiger partial charge in [-0.2, -0.15) is 5.26 Å². The van der Waals surface area contributed by atoms with E-state index < -0.39 is 0 Å². The summed E-state index contributed by atoms with van der Waals surface area (Å²) in [4.78, 5) is 17.2. The molecule has 0 radical (unpaired) electrons. The van der Waals surface area contributed by atoms with Crippen LogP contribution in [-0.4, -0.2) is 16.7 Å². The summed E-state index contributed by atoms with van der Waals surface area (Å²) >= 11 is 0. The summed E-state index contributed by atoms with van der Waals surface area (Å²) < 4.78 is 13.2. The molecule has 0 N–H and O–H groups in total. The summed E-state index contributed by atoms with van der Waals surface area (Å²) in [5, 5.41) is 9.51. The maximum Gasteiger partial charge on any atom is 0.198 e. The van der Waals surface area contributed by atoms with Crippen molar-refractivity contribution in [1.82, 2.24) is 9.55 Å². The third kappa shape index (κ3) is 3.07. The molecule has 132 valence electrons. The van der Waals surface area contributed by atoms with E-state index >= 15 is 0 Å². The first-order valence-electron chi connectivity index (χ1n) is 8.29. The van der Waals surface area contributed by atoms with Gasteiger partial charge in [-0.15, -0.1) is 0 Å². The zero-order chi connectivity index (χ0) is 18.8. The van der Waals surface area contributed by atoms with Crippen molar-refractivity contribution in [3.05, 3.63) is 82.5 Å². The van der Waals surface area contributed by atoms with Crippen LogP contribution in [0.15, 0.2) is 70.4 Å². The highest BCUT2D eigenvalue weighted by Crippen LogP contribution is 2.28. The smallest absolute Gasteiger partial charge is 0.198 e. The summed E-state index contributed by atoms with van der Waals surface area (Å²) in [6.07, 6.45) is 5.11. The summed E-state index contributed by atoms with van der Waals surface area (Å²) in [6, 6.07) is 14.2. The lowest BCUT2D eigenvalue weighted by Crippen LogP contribution is -2.14. The molecule has 0 amide bonds. The first-order valence-corrected chi connectivity index (χ1v) is 8.29. The number of hydrogen-bond acceptors (Lipinski definition) is 5. The van der Waals surface area contributed by atoms with Crippen LogP contribution in [0.3, 0.4) is 0 Å². The van der Waals surface area contributed by atoms with Crippen LogP contribution in [0.1, 0.15) is 11.1 Å². The number of rotatable bonds is 4. The second-order valence-corrected chi connectivity index (χ2v) is 6.03. The minimum Gasteiger partial charge on any atom is -0.497 e. The van der Waals surface area contributed by atoms with Crippen molar-refractivity contribution in [3.63, 3.8) is 0 Å². The van der Waals surface area contributed by atoms with E-state index in [0.29, 0.717) is 40.2 Å². The lowest BCUT2D eigenvalue weighted by atomic mass is 10.0. The second-order valence-electron chi connectivity index (χ2n) is 6.03. The Bertz CT molecular complexity index is 1200. The van der Waals surface area contributed by atoms with Gasteiger partial charge >= 0.3 is 0 Å². The lowest BCUT2D eigenvalue weighted by Gasteiger charge is -2.11. The van der Waals surface area contributed by atoms with Crippen molar-refractivity contribution in [1.29, 1.82) is 5.26 Å². The fourth-order valence-electron chi connectivity index (χ4n) is 2.97. The third-order valence-electron chi connectivity index (χ3n) is 4.37. The topological polar surface area (TPSA) is 81.0 Å². The van der Waals surface area contributed by atoms with Crippen LogP contribution in [0.5, 0.6) is 5.75 Å². The fraction of sp³-hybridized carbons (Fsp3) is 0.0952. The molecular weight excluding hydrogens is 342 g/mol. The van der Waals surface area contributed by atoms with Crippen molar-refractivity contribution >= 4 is 11.0 Å². The highest BCUT2D eigenvalue weighted by Gasteiger charge is 2.17. The largest absolute Gasteiger partial charge is 0.497 e. The van der Waals surface area contributed by atoms with E-state index in [1.807, 2.05) is 4.57 Å². The third-order valence-corrected chi connectivity index (χ3v) is 4.37. The van der Waals surface area contributed by atoms with Crippen LogP contribution in [0.25, 0.3) is 22.3 Å². The van der Waals surface area contributed by atoms with Crippen molar-refractivity contribution in [2.45, 2.75) is 6.54 Å². The average Bonchev–Trinajstić information content (AvgIpc) is 3.23. The molecule has 0 spiro atoms. The van der Waals surface area contributed by atoms with Crippen molar-refractivity contribution in [3.8, 4) is 23.1 Å². The minimum absolute atomic E-state index is 0.105. The maximum atomic E-state index is 13.2. The molecule has 0 saturated heterocycles. The molecular formula is C21H15N3O3. The molecule has 2 heterocycles. The SMILES string of the molecule is COc1ccc2c(=O)c(Cn3ccnc3)c(-c3ccc(C#N)cc3)oc2c1. The number of nitriles is 1. The Morgan fingerprint density at radius 2 is 2.04 bits per heavy atom. The summed E-state index contributed by atoms with van der Waals surface area (Å²) in [7, 11) is 1.56. The van der Waals surface area contributed by atoms with Gasteiger partial charge in [-0.1, -0.05) is 0 Å². The highest BCUT2D eigenvalue weighted by atomic mass is 16.5. The Labute approximate surface area is 154 Å². The lowest BCUT2D eigenvalue weighted by molar-refractivity contribution is 0.414. The molecule has 0 aliphatic carbocycles. The number of fused-ring (bicyclic) bond motifs is 1. The zero-order valence-corrected chi connectivity index (χ0v) is 14.5. The van der Waals surface area contributed by atoms with Gasteiger partial charge in [0.25, 0.3) is 0 Å². The number of methoxy groups -OCH3 is 1. The van der Waals surface area contributed by atoms with Gasteiger partial charge in [0.2, 0.25) is 0 Å². The van der Waals surface area contributed by atoms with Gasteiger partial charge in [0.15, 0.2) is 5.43 Å². The van der Waals surface area contributed by atoms with Gasteiger partial charge in [-0.25, -0.2) is 4.98 Å². The van der Waals surface area contributed by atoms with Crippen LogP contribution in [0.2, 0.25) is 0 Å². The van der Waals surface area contributed by atoms with E-state index in [1.54, 1.807) is 68.3 Å². The van der Waals surface area contributed by atoms with Gasteiger partial charge in [0, 0.05) is 24.0 Å². The highest BCUT2D eigenvalue weighted by molar-refractivity contribution is 5.81. The molecule has 0 aliphatic heterocycles. The van der Waals surface area contributed by atoms with Crippen molar-refractivity contribution in [2.75, 3.05) is 7.11 Å². The molecule has 0 atom stereocenters. The molecule has 2 aromatic carbocycles. The van der Waals surface area contributed by atoms with Crippen LogP contribution >= 0.6 is 0 Å². The number of benzene rings is 2. The van der Waals surface area contributed by atoms with Crippen molar-refractivity contribution in [2.24, 2.45) is 0 Å². The van der Waals surface area contributed by atoms with Crippen molar-refractivity contribution < 1.29 is 9.15 Å². The number of hydrogen-bond donors (Lipinski definition) is 0. The van der Waals surface area contributed by atoms with Gasteiger partial charge in [-0.05, 0) is 36.4 Å². The summed E-state index contributed by atoms with van der Waals surface area (Å²) in [6.45, 7) is 0.333. The van der Waals surface area contributed by atoms with Gasteiger partial charge in [0.1, 0.15) is 17.1 Å². The molecule has 27 heavy (non-hydrogen) atoms. The second kappa shape index (κ2) is 6.81. The van der Waals surface area contributed by atoms with Gasteiger partial charge in [0.05, 0.1) is 42.6 Å². The minimum atomic E-state index is -0.105. The molecule has 6 nitrogen and oxygen atoms in total. The van der Waals surface area contributed by atoms with E-state index in [1.165, 1.54) is 0 Å². The molecule has 0 fully saturated rings. The van der Waals surface area contributed by atoms with Gasteiger partial charge in [-0.3, -0.25) is 4.79 Å². The Hall–Kier alpha value is -3.85. The number of ether oxygens (including phenoxy) is 1. The number of aromatic nitrogens is 2. The fourth-order valence-corrected chi connectivity index (χ4v) is 2.97. The van der Waals surface area contributed by atoms with Crippen LogP contribution in [-0.2, 0) is 6.54 Å². The molecule has 0 aliphatic rings. The van der Waals surface area contributed by atoms with Crippen LogP contribution in [0, 0.1) is 11.3 Å². The van der Waals surface area contributed by atoms with Crippen LogP contribution in [0.4, 0.5) is 0 Å². The molecule has 4 aromatic rings. The molecule has 0 unspecified atom stereocenters. The maximum absolute atomic E-state index is 13.2. The quantitative estimate of drug-likeness (QED) is 0.557. The number of nitrogens with zero attached hydrogens (tertiary/aromatic N) is 3. The zero-order valence-electron chi connectivity index (χ0n) is 14.5. The molecule has 4 rings (SSSR count). The van der Waals surface area contributed by atoms with Gasteiger partial charge < -0.3 is 13.7 Å². The Kier molecular flexibility index (Phi) is 4.19. The normalized spacial score (nSPS) is 10.7. The first kappa shape index (κ1) is 16.6. The molecule has 0 saturated carbocycles. The Morgan fingerprint density at radius 1 is 1.22 bits per heavy atom. The molecule has 2 aromatic heterocycles.